The van der Waals surface area contributed by atoms with Crippen LogP contribution in [0.25, 0.3) is 0 Å². The number of benzene rings is 1. The van der Waals surface area contributed by atoms with Crippen LogP contribution < -0.4 is 5.32 Å². The third-order valence-electron chi connectivity index (χ3n) is 4.39. The number of amides is 1. The Morgan fingerprint density at radius 2 is 2.21 bits per heavy atom. The van der Waals surface area contributed by atoms with Gasteiger partial charge in [-0.3, -0.25) is 4.79 Å². The molecular weight excluding hydrogens is 306 g/mol. The minimum absolute atomic E-state index is 0.0470. The summed E-state index contributed by atoms with van der Waals surface area (Å²) >= 11 is 0. The number of nitrogens with zero attached hydrogens (tertiary/aromatic N) is 2. The minimum atomic E-state index is -0.593. The van der Waals surface area contributed by atoms with E-state index in [0.29, 0.717) is 6.61 Å². The molecule has 1 fully saturated rings. The maximum absolute atomic E-state index is 12.6. The van der Waals surface area contributed by atoms with Gasteiger partial charge in [0.1, 0.15) is 6.10 Å². The van der Waals surface area contributed by atoms with Gasteiger partial charge in [0, 0.05) is 26.8 Å². The van der Waals surface area contributed by atoms with Crippen LogP contribution in [-0.2, 0) is 21.3 Å². The van der Waals surface area contributed by atoms with Gasteiger partial charge < -0.3 is 19.4 Å². The van der Waals surface area contributed by atoms with Crippen molar-refractivity contribution in [3.63, 3.8) is 0 Å². The van der Waals surface area contributed by atoms with E-state index in [-0.39, 0.29) is 18.1 Å². The van der Waals surface area contributed by atoms with Crippen LogP contribution in [0.3, 0.4) is 0 Å². The number of rotatable bonds is 5. The molecule has 0 unspecified atom stereocenters. The van der Waals surface area contributed by atoms with E-state index in [1.165, 1.54) is 0 Å². The molecule has 24 heavy (non-hydrogen) atoms. The van der Waals surface area contributed by atoms with E-state index in [4.69, 9.17) is 9.47 Å². The molecule has 1 saturated heterocycles. The van der Waals surface area contributed by atoms with Gasteiger partial charge in [-0.05, 0) is 18.4 Å². The number of aryl methyl sites for hydroxylation is 1. The van der Waals surface area contributed by atoms with E-state index in [1.807, 2.05) is 48.1 Å². The molecule has 3 rings (SSSR count). The van der Waals surface area contributed by atoms with Gasteiger partial charge in [0.25, 0.3) is 5.91 Å². The SMILES string of the molecule is CO[C@@H](C(=O)N[C@@H]1CCO[C@H](c2cncn2C)C1)c1ccccc1. The van der Waals surface area contributed by atoms with Crippen molar-refractivity contribution in [1.29, 1.82) is 0 Å². The van der Waals surface area contributed by atoms with Crippen LogP contribution in [0, 0.1) is 0 Å². The van der Waals surface area contributed by atoms with Crippen LogP contribution >= 0.6 is 0 Å². The first-order valence-electron chi connectivity index (χ1n) is 8.15. The highest BCUT2D eigenvalue weighted by atomic mass is 16.5. The van der Waals surface area contributed by atoms with E-state index in [9.17, 15) is 4.79 Å². The summed E-state index contributed by atoms with van der Waals surface area (Å²) in [6, 6.07) is 9.59. The van der Waals surface area contributed by atoms with Crippen molar-refractivity contribution >= 4 is 5.91 Å². The Labute approximate surface area is 141 Å². The third kappa shape index (κ3) is 3.66. The van der Waals surface area contributed by atoms with Gasteiger partial charge in [-0.1, -0.05) is 30.3 Å². The summed E-state index contributed by atoms with van der Waals surface area (Å²) in [5, 5.41) is 3.11. The highest BCUT2D eigenvalue weighted by Crippen LogP contribution is 2.28. The Morgan fingerprint density at radius 1 is 1.42 bits per heavy atom. The molecule has 0 spiro atoms. The first kappa shape index (κ1) is 16.7. The van der Waals surface area contributed by atoms with Crippen LogP contribution in [0.4, 0.5) is 0 Å². The monoisotopic (exact) mass is 329 g/mol. The molecule has 1 aromatic carbocycles. The van der Waals surface area contributed by atoms with Crippen LogP contribution in [0.1, 0.15) is 36.3 Å². The lowest BCUT2D eigenvalue weighted by atomic mass is 10.00. The van der Waals surface area contributed by atoms with Crippen molar-refractivity contribution in [3.05, 3.63) is 54.1 Å². The van der Waals surface area contributed by atoms with Crippen molar-refractivity contribution in [2.45, 2.75) is 31.1 Å². The lowest BCUT2D eigenvalue weighted by Gasteiger charge is -2.31. The molecule has 0 bridgehead atoms. The summed E-state index contributed by atoms with van der Waals surface area (Å²) in [5.74, 6) is -0.112. The third-order valence-corrected chi connectivity index (χ3v) is 4.39. The van der Waals surface area contributed by atoms with Crippen molar-refractivity contribution in [1.82, 2.24) is 14.9 Å². The topological polar surface area (TPSA) is 65.4 Å². The maximum Gasteiger partial charge on any atom is 0.253 e. The summed E-state index contributed by atoms with van der Waals surface area (Å²) in [5.41, 5.74) is 1.88. The normalized spacial score (nSPS) is 22.1. The van der Waals surface area contributed by atoms with E-state index in [2.05, 4.69) is 10.3 Å². The summed E-state index contributed by atoms with van der Waals surface area (Å²) < 4.78 is 13.2. The van der Waals surface area contributed by atoms with Gasteiger partial charge in [-0.2, -0.15) is 0 Å². The summed E-state index contributed by atoms with van der Waals surface area (Å²) in [6.45, 7) is 0.615. The fraction of sp³-hybridized carbons (Fsp3) is 0.444. The van der Waals surface area contributed by atoms with Gasteiger partial charge in [-0.15, -0.1) is 0 Å². The quantitative estimate of drug-likeness (QED) is 0.913. The smallest absolute Gasteiger partial charge is 0.253 e. The Kier molecular flexibility index (Phi) is 5.27. The first-order valence-corrected chi connectivity index (χ1v) is 8.15. The first-order chi connectivity index (χ1) is 11.7. The average Bonchev–Trinajstić information content (AvgIpc) is 3.03. The maximum atomic E-state index is 12.6. The zero-order valence-electron chi connectivity index (χ0n) is 14.0. The van der Waals surface area contributed by atoms with Crippen molar-refractivity contribution < 1.29 is 14.3 Å². The number of imidazole rings is 1. The lowest BCUT2D eigenvalue weighted by molar-refractivity contribution is -0.133. The Hall–Kier alpha value is -2.18. The number of nitrogens with one attached hydrogen (secondary N) is 1. The molecule has 0 aliphatic carbocycles. The second-order valence-corrected chi connectivity index (χ2v) is 6.05. The summed E-state index contributed by atoms with van der Waals surface area (Å²) in [6.07, 6.45) is 4.47. The van der Waals surface area contributed by atoms with E-state index in [0.717, 1.165) is 24.1 Å². The number of carbonyl (C=O) groups excluding carboxylic acids is 1. The number of hydrogen-bond donors (Lipinski definition) is 1. The Morgan fingerprint density at radius 3 is 2.88 bits per heavy atom. The molecular formula is C18H23N3O3. The molecule has 6 heteroatoms. The van der Waals surface area contributed by atoms with Gasteiger partial charge in [0.2, 0.25) is 0 Å². The molecule has 1 amide bonds. The highest BCUT2D eigenvalue weighted by Gasteiger charge is 2.29. The molecule has 0 radical (unpaired) electrons. The van der Waals surface area contributed by atoms with Gasteiger partial charge >= 0.3 is 0 Å². The van der Waals surface area contributed by atoms with E-state index < -0.39 is 6.10 Å². The van der Waals surface area contributed by atoms with Gasteiger partial charge in [0.15, 0.2) is 6.10 Å². The minimum Gasteiger partial charge on any atom is -0.372 e. The van der Waals surface area contributed by atoms with Crippen LogP contribution in [0.5, 0.6) is 0 Å². The number of carbonyl (C=O) groups is 1. The summed E-state index contributed by atoms with van der Waals surface area (Å²) in [4.78, 5) is 16.7. The lowest BCUT2D eigenvalue weighted by Crippen LogP contribution is -2.42. The Bertz CT molecular complexity index is 671. The average molecular weight is 329 g/mol. The van der Waals surface area contributed by atoms with Crippen LogP contribution in [-0.4, -0.2) is 35.2 Å². The number of aromatic nitrogens is 2. The molecule has 1 aliphatic heterocycles. The second kappa shape index (κ2) is 7.59. The molecule has 2 heterocycles. The molecule has 1 aliphatic rings. The number of ether oxygens (including phenoxy) is 2. The highest BCUT2D eigenvalue weighted by molar-refractivity contribution is 5.82. The van der Waals surface area contributed by atoms with Crippen LogP contribution in [0.2, 0.25) is 0 Å². The zero-order valence-corrected chi connectivity index (χ0v) is 14.0. The Balaban J connectivity index is 1.64. The van der Waals surface area contributed by atoms with E-state index in [1.54, 1.807) is 13.4 Å². The van der Waals surface area contributed by atoms with E-state index >= 15 is 0 Å². The molecule has 6 nitrogen and oxygen atoms in total. The predicted octanol–water partition coefficient (Wildman–Crippen LogP) is 2.14. The van der Waals surface area contributed by atoms with Crippen molar-refractivity contribution in [2.75, 3.05) is 13.7 Å². The molecule has 128 valence electrons. The molecule has 1 aromatic heterocycles. The predicted molar refractivity (Wildman–Crippen MR) is 89.3 cm³/mol. The fourth-order valence-electron chi connectivity index (χ4n) is 3.11. The number of methoxy groups -OCH3 is 1. The largest absolute Gasteiger partial charge is 0.372 e. The molecule has 3 atom stereocenters. The molecule has 1 N–H and O–H groups in total. The summed E-state index contributed by atoms with van der Waals surface area (Å²) in [7, 11) is 3.50. The van der Waals surface area contributed by atoms with Crippen LogP contribution in [0.15, 0.2) is 42.9 Å². The second-order valence-electron chi connectivity index (χ2n) is 6.05. The molecule has 0 saturated carbocycles. The van der Waals surface area contributed by atoms with Gasteiger partial charge in [-0.25, -0.2) is 4.98 Å². The molecule has 2 aromatic rings. The zero-order chi connectivity index (χ0) is 16.9. The number of hydrogen-bond acceptors (Lipinski definition) is 4. The fourth-order valence-corrected chi connectivity index (χ4v) is 3.11. The van der Waals surface area contributed by atoms with Gasteiger partial charge in [0.05, 0.1) is 18.2 Å². The van der Waals surface area contributed by atoms with Crippen molar-refractivity contribution in [3.8, 4) is 0 Å². The standard InChI is InChI=1S/C18H23N3O3/c1-21-12-19-11-15(21)16-10-14(8-9-24-16)20-18(22)17(23-2)13-6-4-3-5-7-13/h3-7,11-12,14,16-17H,8-10H2,1-2H3,(H,20,22)/t14-,16+,17-/m1/s1. The van der Waals surface area contributed by atoms with Crippen molar-refractivity contribution in [2.24, 2.45) is 7.05 Å².